The van der Waals surface area contributed by atoms with Crippen molar-refractivity contribution in [2.24, 2.45) is 5.73 Å². The van der Waals surface area contributed by atoms with Crippen LogP contribution in [0.15, 0.2) is 0 Å². The molecule has 0 aromatic heterocycles. The first-order chi connectivity index (χ1) is 3.31. The predicted octanol–water partition coefficient (Wildman–Crippen LogP) is -0.816. The summed E-state index contributed by atoms with van der Waals surface area (Å²) in [5.41, 5.74) is 5.64. The van der Waals surface area contributed by atoms with E-state index in [2.05, 4.69) is 5.32 Å². The second kappa shape index (κ2) is 3.77. The van der Waals surface area contributed by atoms with E-state index >= 15 is 0 Å². The highest BCUT2D eigenvalue weighted by molar-refractivity contribution is 5.84. The molecule has 42 valence electrons. The molecule has 0 fully saturated rings. The number of nitrogens with one attached hydrogen (secondary N) is 2. The van der Waals surface area contributed by atoms with Crippen LogP contribution in [0, 0.1) is 5.41 Å². The van der Waals surface area contributed by atoms with Gasteiger partial charge in [0.1, 0.15) is 0 Å². The van der Waals surface area contributed by atoms with E-state index in [9.17, 15) is 0 Å². The first-order valence-electron chi connectivity index (χ1n) is 2.22. The van der Waals surface area contributed by atoms with Crippen LogP contribution in [0.4, 0.5) is 0 Å². The maximum atomic E-state index is 6.95. The molecule has 0 rings (SSSR count). The van der Waals surface area contributed by atoms with Crippen LogP contribution in [-0.2, 0) is 0 Å². The zero-order chi connectivity index (χ0) is 5.70. The third-order valence-electron chi connectivity index (χ3n) is 0.637. The molecule has 0 aliphatic heterocycles. The zero-order valence-electron chi connectivity index (χ0n) is 4.49. The van der Waals surface area contributed by atoms with Crippen LogP contribution in [0.2, 0.25) is 0 Å². The van der Waals surface area contributed by atoms with E-state index in [0.29, 0.717) is 18.8 Å². The smallest absolute Gasteiger partial charge is 0.0363 e. The molecule has 0 atom stereocenters. The Labute approximate surface area is 43.4 Å². The molecule has 3 heteroatoms. The van der Waals surface area contributed by atoms with Crippen LogP contribution >= 0.6 is 0 Å². The normalized spacial score (nSPS) is 8.86. The van der Waals surface area contributed by atoms with E-state index in [1.165, 1.54) is 0 Å². The van der Waals surface area contributed by atoms with Crippen LogP contribution in [0.25, 0.3) is 0 Å². The number of rotatable bonds is 3. The van der Waals surface area contributed by atoms with Crippen LogP contribution < -0.4 is 11.1 Å². The minimum atomic E-state index is 0.362. The molecule has 4 N–H and O–H groups in total. The second-order valence-electron chi connectivity index (χ2n) is 1.34. The molecule has 0 aliphatic rings. The van der Waals surface area contributed by atoms with E-state index < -0.39 is 0 Å². The van der Waals surface area contributed by atoms with Crippen molar-refractivity contribution in [2.75, 3.05) is 20.1 Å². The number of hydrogen-bond donors (Lipinski definition) is 3. The summed E-state index contributed by atoms with van der Waals surface area (Å²) in [4.78, 5) is 0. The maximum Gasteiger partial charge on any atom is 0.0363 e. The van der Waals surface area contributed by atoms with Gasteiger partial charge in [0, 0.05) is 18.8 Å². The van der Waals surface area contributed by atoms with Gasteiger partial charge in [-0.05, 0) is 7.05 Å². The van der Waals surface area contributed by atoms with E-state index in [1.54, 1.807) is 7.05 Å². The van der Waals surface area contributed by atoms with Gasteiger partial charge < -0.3 is 16.5 Å². The summed E-state index contributed by atoms with van der Waals surface area (Å²) in [5, 5.41) is 9.76. The van der Waals surface area contributed by atoms with Gasteiger partial charge in [0.15, 0.2) is 0 Å². The third kappa shape index (κ3) is 3.42. The Balaban J connectivity index is 3.00. The van der Waals surface area contributed by atoms with E-state index in [-0.39, 0.29) is 0 Å². The van der Waals surface area contributed by atoms with Crippen LogP contribution in [-0.4, -0.2) is 25.8 Å². The van der Waals surface area contributed by atoms with Crippen molar-refractivity contribution in [1.29, 1.82) is 5.41 Å². The third-order valence-corrected chi connectivity index (χ3v) is 0.637. The largest absolute Gasteiger partial charge is 0.325 e. The highest BCUT2D eigenvalue weighted by atomic mass is 14.8. The van der Waals surface area contributed by atoms with Crippen molar-refractivity contribution in [2.45, 2.75) is 0 Å². The average molecular weight is 101 g/mol. The average Bonchev–Trinajstić information content (AvgIpc) is 1.68. The van der Waals surface area contributed by atoms with Crippen molar-refractivity contribution < 1.29 is 0 Å². The summed E-state index contributed by atoms with van der Waals surface area (Å²) in [6, 6.07) is 0. The molecule has 0 heterocycles. The molecule has 0 saturated carbocycles. The van der Waals surface area contributed by atoms with E-state index in [4.69, 9.17) is 11.1 Å². The molecule has 0 amide bonds. The van der Waals surface area contributed by atoms with Crippen molar-refractivity contribution in [3.8, 4) is 0 Å². The molecule has 0 radical (unpaired) electrons. The van der Waals surface area contributed by atoms with Gasteiger partial charge in [-0.15, -0.1) is 0 Å². The Hall–Kier alpha value is -0.410. The lowest BCUT2D eigenvalue weighted by molar-refractivity contribution is 0.928. The Bertz CT molecular complexity index is 60.0. The van der Waals surface area contributed by atoms with Gasteiger partial charge in [0.05, 0.1) is 0 Å². The second-order valence-corrected chi connectivity index (χ2v) is 1.34. The van der Waals surface area contributed by atoms with Gasteiger partial charge in [-0.2, -0.15) is 0 Å². The Kier molecular flexibility index (Phi) is 3.55. The lowest BCUT2D eigenvalue weighted by Gasteiger charge is -1.94. The number of hydrogen-bond acceptors (Lipinski definition) is 3. The van der Waals surface area contributed by atoms with Gasteiger partial charge in [-0.25, -0.2) is 0 Å². The lowest BCUT2D eigenvalue weighted by atomic mass is 10.4. The highest BCUT2D eigenvalue weighted by Crippen LogP contribution is 1.59. The molecule has 0 unspecified atom stereocenters. The van der Waals surface area contributed by atoms with Gasteiger partial charge in [-0.1, -0.05) is 0 Å². The quantitative estimate of drug-likeness (QED) is 0.407. The lowest BCUT2D eigenvalue weighted by Crippen LogP contribution is -2.24. The van der Waals surface area contributed by atoms with Gasteiger partial charge in [0.25, 0.3) is 0 Å². The molecule has 0 aromatic carbocycles. The molecule has 7 heavy (non-hydrogen) atoms. The minimum Gasteiger partial charge on any atom is -0.325 e. The Morgan fingerprint density at radius 2 is 2.43 bits per heavy atom. The van der Waals surface area contributed by atoms with Crippen molar-refractivity contribution >= 4 is 5.71 Å². The summed E-state index contributed by atoms with van der Waals surface area (Å²) < 4.78 is 0. The summed E-state index contributed by atoms with van der Waals surface area (Å²) in [6.07, 6.45) is 0. The Morgan fingerprint density at radius 3 is 2.57 bits per heavy atom. The van der Waals surface area contributed by atoms with Crippen LogP contribution in [0.3, 0.4) is 0 Å². The fourth-order valence-electron chi connectivity index (χ4n) is 0.286. The number of nitrogens with two attached hydrogens (primary N) is 1. The monoisotopic (exact) mass is 101 g/mol. The molecule has 0 saturated heterocycles. The van der Waals surface area contributed by atoms with Gasteiger partial charge >= 0.3 is 0 Å². The maximum absolute atomic E-state index is 6.95. The van der Waals surface area contributed by atoms with Crippen molar-refractivity contribution in [1.82, 2.24) is 5.32 Å². The standard InChI is InChI=1S/C4H11N3/c1-7-3-4(6)2-5/h6-7H,2-3,5H2,1H3. The first-order valence-corrected chi connectivity index (χ1v) is 2.22. The van der Waals surface area contributed by atoms with Gasteiger partial charge in [-0.3, -0.25) is 0 Å². The Morgan fingerprint density at radius 1 is 1.86 bits per heavy atom. The first kappa shape index (κ1) is 6.59. The van der Waals surface area contributed by atoms with Crippen LogP contribution in [0.5, 0.6) is 0 Å². The van der Waals surface area contributed by atoms with Crippen molar-refractivity contribution in [3.05, 3.63) is 0 Å². The molecule has 0 aromatic rings. The fraction of sp³-hybridized carbons (Fsp3) is 0.750. The highest BCUT2D eigenvalue weighted by Gasteiger charge is 1.85. The molecular weight excluding hydrogens is 90.1 g/mol. The molecule has 0 spiro atoms. The van der Waals surface area contributed by atoms with E-state index in [1.807, 2.05) is 0 Å². The van der Waals surface area contributed by atoms with Gasteiger partial charge in [0.2, 0.25) is 0 Å². The zero-order valence-corrected chi connectivity index (χ0v) is 4.49. The molecule has 0 aliphatic carbocycles. The summed E-state index contributed by atoms with van der Waals surface area (Å²) in [5.74, 6) is 0. The summed E-state index contributed by atoms with van der Waals surface area (Å²) in [6.45, 7) is 0.970. The fourth-order valence-corrected chi connectivity index (χ4v) is 0.286. The van der Waals surface area contributed by atoms with Crippen molar-refractivity contribution in [3.63, 3.8) is 0 Å². The minimum absolute atomic E-state index is 0.362. The molecule has 0 bridgehead atoms. The molecule has 3 nitrogen and oxygen atoms in total. The topological polar surface area (TPSA) is 61.9 Å². The summed E-state index contributed by atoms with van der Waals surface area (Å²) in [7, 11) is 1.80. The predicted molar refractivity (Wildman–Crippen MR) is 30.7 cm³/mol. The van der Waals surface area contributed by atoms with E-state index in [0.717, 1.165) is 0 Å². The SMILES string of the molecule is CNCC(=N)CN. The molecular formula is C4H11N3. The summed E-state index contributed by atoms with van der Waals surface area (Å²) >= 11 is 0. The van der Waals surface area contributed by atoms with Crippen LogP contribution in [0.1, 0.15) is 0 Å².